The summed E-state index contributed by atoms with van der Waals surface area (Å²) >= 11 is 0. The molecule has 2 rings (SSSR count). The lowest BCUT2D eigenvalue weighted by Gasteiger charge is -2.20. The van der Waals surface area contributed by atoms with Crippen molar-refractivity contribution in [1.82, 2.24) is 0 Å². The quantitative estimate of drug-likeness (QED) is 0.805. The van der Waals surface area contributed by atoms with Crippen molar-refractivity contribution >= 4 is 0 Å². The molecule has 2 nitrogen and oxygen atoms in total. The van der Waals surface area contributed by atoms with Gasteiger partial charge in [-0.05, 0) is 23.1 Å². The summed E-state index contributed by atoms with van der Waals surface area (Å²) in [6.07, 6.45) is -6.42. The molecule has 0 saturated heterocycles. The van der Waals surface area contributed by atoms with Crippen LogP contribution >= 0.6 is 0 Å². The van der Waals surface area contributed by atoms with E-state index in [1.807, 2.05) is 0 Å². The first-order valence-corrected chi connectivity index (χ1v) is 4.92. The van der Waals surface area contributed by atoms with Gasteiger partial charge in [0.2, 0.25) is 0 Å². The molecule has 0 spiro atoms. The summed E-state index contributed by atoms with van der Waals surface area (Å²) in [6.45, 7) is 0.941. The van der Waals surface area contributed by atoms with Crippen molar-refractivity contribution < 1.29 is 23.0 Å². The standard InChI is InChI=1S/C11H11F3O2/c12-11(13,14)10(15)8-1-2-9-6-16-4-3-7(9)5-8/h1-2,5,10,15H,3-4,6H2/t10-/m0/s1. The zero-order valence-corrected chi connectivity index (χ0v) is 8.42. The third-order valence-electron chi connectivity index (χ3n) is 2.63. The summed E-state index contributed by atoms with van der Waals surface area (Å²) in [5, 5.41) is 9.10. The van der Waals surface area contributed by atoms with Crippen LogP contribution in [0.3, 0.4) is 0 Å². The van der Waals surface area contributed by atoms with Crippen molar-refractivity contribution in [2.75, 3.05) is 6.61 Å². The average molecular weight is 232 g/mol. The molecule has 0 bridgehead atoms. The number of fused-ring (bicyclic) bond motifs is 1. The van der Waals surface area contributed by atoms with Gasteiger partial charge in [0, 0.05) is 0 Å². The van der Waals surface area contributed by atoms with Gasteiger partial charge >= 0.3 is 6.18 Å². The highest BCUT2D eigenvalue weighted by atomic mass is 19.4. The zero-order chi connectivity index (χ0) is 11.8. The fourth-order valence-corrected chi connectivity index (χ4v) is 1.74. The van der Waals surface area contributed by atoms with Gasteiger partial charge in [-0.15, -0.1) is 0 Å². The molecule has 0 aliphatic carbocycles. The Kier molecular flexibility index (Phi) is 2.90. The van der Waals surface area contributed by atoms with Gasteiger partial charge in [-0.1, -0.05) is 18.2 Å². The van der Waals surface area contributed by atoms with E-state index in [1.165, 1.54) is 12.1 Å². The van der Waals surface area contributed by atoms with E-state index in [0.29, 0.717) is 19.6 Å². The number of rotatable bonds is 1. The number of alkyl halides is 3. The van der Waals surface area contributed by atoms with Gasteiger partial charge < -0.3 is 9.84 Å². The van der Waals surface area contributed by atoms with Crippen LogP contribution in [0.25, 0.3) is 0 Å². The molecule has 0 aromatic heterocycles. The fourth-order valence-electron chi connectivity index (χ4n) is 1.74. The van der Waals surface area contributed by atoms with Gasteiger partial charge in [-0.3, -0.25) is 0 Å². The third-order valence-corrected chi connectivity index (χ3v) is 2.63. The van der Waals surface area contributed by atoms with Crippen molar-refractivity contribution in [3.05, 3.63) is 34.9 Å². The molecule has 0 saturated carbocycles. The van der Waals surface area contributed by atoms with Crippen LogP contribution in [0.4, 0.5) is 13.2 Å². The van der Waals surface area contributed by atoms with Crippen molar-refractivity contribution in [3.8, 4) is 0 Å². The number of benzene rings is 1. The van der Waals surface area contributed by atoms with Gasteiger partial charge in [0.25, 0.3) is 0 Å². The first kappa shape index (κ1) is 11.4. The maximum absolute atomic E-state index is 12.3. The summed E-state index contributed by atoms with van der Waals surface area (Å²) < 4.78 is 42.1. The van der Waals surface area contributed by atoms with Crippen LogP contribution < -0.4 is 0 Å². The molecule has 1 aliphatic heterocycles. The van der Waals surface area contributed by atoms with Gasteiger partial charge in [0.05, 0.1) is 13.2 Å². The molecule has 0 fully saturated rings. The first-order chi connectivity index (χ1) is 7.48. The van der Waals surface area contributed by atoms with E-state index in [2.05, 4.69) is 0 Å². The summed E-state index contributed by atoms with van der Waals surface area (Å²) in [7, 11) is 0. The smallest absolute Gasteiger partial charge is 0.379 e. The Morgan fingerprint density at radius 3 is 2.69 bits per heavy atom. The Morgan fingerprint density at radius 2 is 2.00 bits per heavy atom. The van der Waals surface area contributed by atoms with Crippen LogP contribution in [0, 0.1) is 0 Å². The van der Waals surface area contributed by atoms with E-state index in [4.69, 9.17) is 9.84 Å². The molecule has 1 atom stereocenters. The molecule has 0 radical (unpaired) electrons. The summed E-state index contributed by atoms with van der Waals surface area (Å²) in [6, 6.07) is 4.29. The zero-order valence-electron chi connectivity index (χ0n) is 8.42. The Bertz CT molecular complexity index is 387. The second kappa shape index (κ2) is 4.07. The first-order valence-electron chi connectivity index (χ1n) is 4.92. The van der Waals surface area contributed by atoms with E-state index in [-0.39, 0.29) is 5.56 Å². The van der Waals surface area contributed by atoms with Crippen LogP contribution in [0.15, 0.2) is 18.2 Å². The fraction of sp³-hybridized carbons (Fsp3) is 0.455. The van der Waals surface area contributed by atoms with E-state index in [0.717, 1.165) is 11.1 Å². The van der Waals surface area contributed by atoms with Crippen LogP contribution in [0.5, 0.6) is 0 Å². The minimum absolute atomic E-state index is 0.104. The molecule has 0 amide bonds. The van der Waals surface area contributed by atoms with Gasteiger partial charge in [-0.25, -0.2) is 0 Å². The van der Waals surface area contributed by atoms with Crippen LogP contribution in [0.2, 0.25) is 0 Å². The number of aliphatic hydroxyl groups is 1. The topological polar surface area (TPSA) is 29.5 Å². The molecule has 1 heterocycles. The molecule has 1 aromatic rings. The molecule has 16 heavy (non-hydrogen) atoms. The normalized spacial score (nSPS) is 18.0. The highest BCUT2D eigenvalue weighted by molar-refractivity contribution is 5.34. The van der Waals surface area contributed by atoms with Gasteiger partial charge in [0.15, 0.2) is 6.10 Å². The number of hydrogen-bond acceptors (Lipinski definition) is 2. The summed E-state index contributed by atoms with van der Waals surface area (Å²) in [5.41, 5.74) is 1.62. The Morgan fingerprint density at radius 1 is 1.25 bits per heavy atom. The second-order valence-corrected chi connectivity index (χ2v) is 3.77. The maximum atomic E-state index is 12.3. The van der Waals surface area contributed by atoms with E-state index >= 15 is 0 Å². The Balaban J connectivity index is 2.30. The molecular formula is C11H11F3O2. The number of halogens is 3. The number of hydrogen-bond donors (Lipinski definition) is 1. The van der Waals surface area contributed by atoms with Crippen LogP contribution in [0.1, 0.15) is 22.8 Å². The lowest BCUT2D eigenvalue weighted by atomic mass is 9.98. The van der Waals surface area contributed by atoms with Crippen molar-refractivity contribution in [2.45, 2.75) is 25.3 Å². The number of ether oxygens (including phenoxy) is 1. The molecule has 5 heteroatoms. The van der Waals surface area contributed by atoms with E-state index in [9.17, 15) is 13.2 Å². The van der Waals surface area contributed by atoms with Crippen molar-refractivity contribution in [2.24, 2.45) is 0 Å². The predicted molar refractivity (Wildman–Crippen MR) is 50.8 cm³/mol. The molecule has 1 aromatic carbocycles. The molecule has 0 unspecified atom stereocenters. The molecular weight excluding hydrogens is 221 g/mol. The SMILES string of the molecule is O[C@@H](c1ccc2c(c1)CCOC2)C(F)(F)F. The van der Waals surface area contributed by atoms with Crippen LogP contribution in [-0.4, -0.2) is 17.9 Å². The predicted octanol–water partition coefficient (Wildman–Crippen LogP) is 2.36. The van der Waals surface area contributed by atoms with Crippen LogP contribution in [-0.2, 0) is 17.8 Å². The highest BCUT2D eigenvalue weighted by Crippen LogP contribution is 2.33. The third kappa shape index (κ3) is 2.20. The van der Waals surface area contributed by atoms with Crippen molar-refractivity contribution in [3.63, 3.8) is 0 Å². The lowest BCUT2D eigenvalue weighted by Crippen LogP contribution is -2.21. The Hall–Kier alpha value is -1.07. The maximum Gasteiger partial charge on any atom is 0.418 e. The average Bonchev–Trinajstić information content (AvgIpc) is 2.26. The molecule has 88 valence electrons. The van der Waals surface area contributed by atoms with E-state index < -0.39 is 12.3 Å². The van der Waals surface area contributed by atoms with E-state index in [1.54, 1.807) is 6.07 Å². The second-order valence-electron chi connectivity index (χ2n) is 3.77. The van der Waals surface area contributed by atoms with Crippen molar-refractivity contribution in [1.29, 1.82) is 0 Å². The van der Waals surface area contributed by atoms with Gasteiger partial charge in [0.1, 0.15) is 0 Å². The Labute approximate surface area is 90.7 Å². The molecule has 1 aliphatic rings. The molecule has 1 N–H and O–H groups in total. The summed E-state index contributed by atoms with van der Waals surface area (Å²) in [5.74, 6) is 0. The largest absolute Gasteiger partial charge is 0.418 e. The summed E-state index contributed by atoms with van der Waals surface area (Å²) in [4.78, 5) is 0. The lowest BCUT2D eigenvalue weighted by molar-refractivity contribution is -0.206. The highest BCUT2D eigenvalue weighted by Gasteiger charge is 2.39. The minimum atomic E-state index is -4.61. The van der Waals surface area contributed by atoms with Gasteiger partial charge in [-0.2, -0.15) is 13.2 Å². The monoisotopic (exact) mass is 232 g/mol. The minimum Gasteiger partial charge on any atom is -0.379 e. The number of aliphatic hydroxyl groups excluding tert-OH is 1.